The third-order valence-corrected chi connectivity index (χ3v) is 3.92. The number of nitrogens with one attached hydrogen (secondary N) is 1. The van der Waals surface area contributed by atoms with Gasteiger partial charge in [0.1, 0.15) is 0 Å². The van der Waals surface area contributed by atoms with Gasteiger partial charge in [0.15, 0.2) is 0 Å². The van der Waals surface area contributed by atoms with Crippen molar-refractivity contribution in [1.29, 1.82) is 0 Å². The average molecular weight is 367 g/mol. The molecular formula is C20H21N3O4. The number of carbonyl (C=O) groups is 2. The van der Waals surface area contributed by atoms with E-state index in [1.165, 1.54) is 36.2 Å². The van der Waals surface area contributed by atoms with Crippen molar-refractivity contribution >= 4 is 29.3 Å². The van der Waals surface area contributed by atoms with Gasteiger partial charge < -0.3 is 10.2 Å². The zero-order valence-corrected chi connectivity index (χ0v) is 15.4. The molecule has 2 aromatic rings. The Hall–Kier alpha value is -3.48. The quantitative estimate of drug-likeness (QED) is 0.481. The van der Waals surface area contributed by atoms with Crippen LogP contribution in [0.1, 0.15) is 16.7 Å². The molecule has 0 saturated heterocycles. The predicted molar refractivity (Wildman–Crippen MR) is 104 cm³/mol. The molecule has 7 nitrogen and oxygen atoms in total. The normalized spacial score (nSPS) is 10.6. The number of nitrogens with zero attached hydrogens (tertiary/aromatic N) is 2. The molecular weight excluding hydrogens is 346 g/mol. The molecule has 0 atom stereocenters. The Morgan fingerprint density at radius 2 is 1.93 bits per heavy atom. The summed E-state index contributed by atoms with van der Waals surface area (Å²) in [4.78, 5) is 35.9. The largest absolute Gasteiger partial charge is 0.333 e. The van der Waals surface area contributed by atoms with Crippen molar-refractivity contribution in [3.8, 4) is 0 Å². The lowest BCUT2D eigenvalue weighted by Gasteiger charge is -2.16. The van der Waals surface area contributed by atoms with Crippen LogP contribution < -0.4 is 5.32 Å². The standard InChI is InChI=1S/C20H21N3O4/c1-14-7-8-15(2)18(11-14)21-19(24)13-22(3)20(25)10-9-16-5-4-6-17(12-16)23(26)27/h4-12H,13H2,1-3H3,(H,21,24)/b10-9+. The van der Waals surface area contributed by atoms with E-state index in [4.69, 9.17) is 0 Å². The van der Waals surface area contributed by atoms with Gasteiger partial charge in [-0.2, -0.15) is 0 Å². The Labute approximate surface area is 157 Å². The second-order valence-corrected chi connectivity index (χ2v) is 6.25. The highest BCUT2D eigenvalue weighted by Crippen LogP contribution is 2.16. The molecule has 140 valence electrons. The number of anilines is 1. The molecule has 0 unspecified atom stereocenters. The fourth-order valence-corrected chi connectivity index (χ4v) is 2.39. The number of rotatable bonds is 6. The van der Waals surface area contributed by atoms with Gasteiger partial charge in [-0.1, -0.05) is 24.3 Å². The summed E-state index contributed by atoms with van der Waals surface area (Å²) in [7, 11) is 1.52. The molecule has 0 aliphatic carbocycles. The van der Waals surface area contributed by atoms with Gasteiger partial charge >= 0.3 is 0 Å². The lowest BCUT2D eigenvalue weighted by atomic mass is 10.1. The topological polar surface area (TPSA) is 92.6 Å². The summed E-state index contributed by atoms with van der Waals surface area (Å²) in [5.74, 6) is -0.680. The van der Waals surface area contributed by atoms with E-state index in [-0.39, 0.29) is 24.0 Å². The van der Waals surface area contributed by atoms with Gasteiger partial charge in [-0.25, -0.2) is 0 Å². The summed E-state index contributed by atoms with van der Waals surface area (Å²) < 4.78 is 0. The molecule has 2 aromatic carbocycles. The van der Waals surface area contributed by atoms with Crippen LogP contribution in [0.15, 0.2) is 48.5 Å². The molecule has 0 aliphatic heterocycles. The number of likely N-dealkylation sites (N-methyl/N-ethyl adjacent to an activating group) is 1. The van der Waals surface area contributed by atoms with Gasteiger partial charge in [0.25, 0.3) is 5.69 Å². The number of aryl methyl sites for hydroxylation is 2. The number of carbonyl (C=O) groups excluding carboxylic acids is 2. The maximum absolute atomic E-state index is 12.2. The number of nitro groups is 1. The Morgan fingerprint density at radius 1 is 1.19 bits per heavy atom. The minimum Gasteiger partial charge on any atom is -0.333 e. The predicted octanol–water partition coefficient (Wildman–Crippen LogP) is 3.32. The Kier molecular flexibility index (Phi) is 6.43. The minimum absolute atomic E-state index is 0.0501. The van der Waals surface area contributed by atoms with Crippen LogP contribution >= 0.6 is 0 Å². The first-order valence-electron chi connectivity index (χ1n) is 8.31. The molecule has 2 rings (SSSR count). The molecule has 0 heterocycles. The number of benzene rings is 2. The van der Waals surface area contributed by atoms with Crippen LogP contribution in [0, 0.1) is 24.0 Å². The minimum atomic E-state index is -0.497. The molecule has 7 heteroatoms. The second-order valence-electron chi connectivity index (χ2n) is 6.25. The van der Waals surface area contributed by atoms with E-state index in [1.807, 2.05) is 32.0 Å². The second kappa shape index (κ2) is 8.75. The average Bonchev–Trinajstić information content (AvgIpc) is 2.62. The van der Waals surface area contributed by atoms with Crippen LogP contribution in [0.4, 0.5) is 11.4 Å². The van der Waals surface area contributed by atoms with E-state index in [1.54, 1.807) is 12.1 Å². The van der Waals surface area contributed by atoms with Crippen molar-refractivity contribution in [3.63, 3.8) is 0 Å². The van der Waals surface area contributed by atoms with Crippen LogP contribution in [0.2, 0.25) is 0 Å². The van der Waals surface area contributed by atoms with Crippen molar-refractivity contribution in [3.05, 3.63) is 75.3 Å². The van der Waals surface area contributed by atoms with E-state index < -0.39 is 4.92 Å². The van der Waals surface area contributed by atoms with Gasteiger partial charge in [0.2, 0.25) is 11.8 Å². The summed E-state index contributed by atoms with van der Waals surface area (Å²) in [5, 5.41) is 13.6. The summed E-state index contributed by atoms with van der Waals surface area (Å²) in [6, 6.07) is 11.7. The molecule has 0 fully saturated rings. The van der Waals surface area contributed by atoms with E-state index in [0.717, 1.165) is 11.1 Å². The lowest BCUT2D eigenvalue weighted by molar-refractivity contribution is -0.384. The van der Waals surface area contributed by atoms with Gasteiger partial charge in [-0.3, -0.25) is 19.7 Å². The third-order valence-electron chi connectivity index (χ3n) is 3.92. The van der Waals surface area contributed by atoms with E-state index in [0.29, 0.717) is 11.3 Å². The van der Waals surface area contributed by atoms with Crippen molar-refractivity contribution in [2.75, 3.05) is 18.9 Å². The fourth-order valence-electron chi connectivity index (χ4n) is 2.39. The summed E-state index contributed by atoms with van der Waals surface area (Å²) in [6.45, 7) is 3.72. The van der Waals surface area contributed by atoms with Gasteiger partial charge in [0.05, 0.1) is 11.5 Å². The highest BCUT2D eigenvalue weighted by Gasteiger charge is 2.12. The zero-order valence-electron chi connectivity index (χ0n) is 15.4. The summed E-state index contributed by atoms with van der Waals surface area (Å²) in [6.07, 6.45) is 2.76. The highest BCUT2D eigenvalue weighted by molar-refractivity contribution is 5.98. The third kappa shape index (κ3) is 5.78. The Morgan fingerprint density at radius 3 is 2.63 bits per heavy atom. The van der Waals surface area contributed by atoms with Crippen LogP contribution in [-0.2, 0) is 9.59 Å². The number of nitro benzene ring substituents is 1. The number of hydrogen-bond acceptors (Lipinski definition) is 4. The molecule has 0 radical (unpaired) electrons. The smallest absolute Gasteiger partial charge is 0.270 e. The van der Waals surface area contributed by atoms with E-state index >= 15 is 0 Å². The first kappa shape index (κ1) is 19.8. The van der Waals surface area contributed by atoms with Crippen LogP contribution in [0.5, 0.6) is 0 Å². The fraction of sp³-hybridized carbons (Fsp3) is 0.200. The monoisotopic (exact) mass is 367 g/mol. The molecule has 0 aromatic heterocycles. The van der Waals surface area contributed by atoms with Crippen molar-refractivity contribution in [1.82, 2.24) is 4.90 Å². The van der Waals surface area contributed by atoms with Crippen molar-refractivity contribution in [2.24, 2.45) is 0 Å². The Balaban J connectivity index is 1.96. The molecule has 27 heavy (non-hydrogen) atoms. The first-order chi connectivity index (χ1) is 12.8. The zero-order chi connectivity index (χ0) is 20.0. The first-order valence-corrected chi connectivity index (χ1v) is 8.31. The van der Waals surface area contributed by atoms with Gasteiger partial charge in [0, 0.05) is 30.9 Å². The number of amides is 2. The molecule has 0 saturated carbocycles. The van der Waals surface area contributed by atoms with Gasteiger partial charge in [-0.05, 0) is 42.7 Å². The maximum Gasteiger partial charge on any atom is 0.270 e. The molecule has 0 spiro atoms. The molecule has 0 bridgehead atoms. The van der Waals surface area contributed by atoms with Crippen LogP contribution in [0.25, 0.3) is 6.08 Å². The van der Waals surface area contributed by atoms with Crippen molar-refractivity contribution in [2.45, 2.75) is 13.8 Å². The molecule has 2 amide bonds. The summed E-state index contributed by atoms with van der Waals surface area (Å²) >= 11 is 0. The van der Waals surface area contributed by atoms with Crippen molar-refractivity contribution < 1.29 is 14.5 Å². The Bertz CT molecular complexity index is 906. The maximum atomic E-state index is 12.2. The number of hydrogen-bond donors (Lipinski definition) is 1. The number of non-ortho nitro benzene ring substituents is 1. The van der Waals surface area contributed by atoms with E-state index in [9.17, 15) is 19.7 Å². The van der Waals surface area contributed by atoms with E-state index in [2.05, 4.69) is 5.32 Å². The SMILES string of the molecule is Cc1ccc(C)c(NC(=O)CN(C)C(=O)/C=C/c2cccc([N+](=O)[O-])c2)c1. The van der Waals surface area contributed by atoms with Gasteiger partial charge in [-0.15, -0.1) is 0 Å². The van der Waals surface area contributed by atoms with Crippen LogP contribution in [0.3, 0.4) is 0 Å². The highest BCUT2D eigenvalue weighted by atomic mass is 16.6. The lowest BCUT2D eigenvalue weighted by Crippen LogP contribution is -2.34. The summed E-state index contributed by atoms with van der Waals surface area (Å²) in [5.41, 5.74) is 3.17. The van der Waals surface area contributed by atoms with Crippen LogP contribution in [-0.4, -0.2) is 35.2 Å². The molecule has 1 N–H and O–H groups in total. The molecule has 0 aliphatic rings.